The van der Waals surface area contributed by atoms with Crippen LogP contribution in [0.4, 0.5) is 80.8 Å². The average Bonchev–Trinajstić information content (AvgIpc) is 1.75. The molecule has 0 radical (unpaired) electrons. The molecule has 120 heavy (non-hydrogen) atoms. The number of piperidine rings is 1. The van der Waals surface area contributed by atoms with Crippen molar-refractivity contribution < 1.29 is 79.6 Å². The minimum atomic E-state index is -4.48. The minimum absolute atomic E-state index is 0.0516. The third kappa shape index (κ3) is 19.2. The number of urea groups is 1. The van der Waals surface area contributed by atoms with Crippen LogP contribution in [0.1, 0.15) is 46.8 Å². The summed E-state index contributed by atoms with van der Waals surface area (Å²) in [5, 5.41) is 9.56. The average molecular weight is 1710 g/mol. The Morgan fingerprint density at radius 3 is 1.27 bits per heavy atom. The van der Waals surface area contributed by atoms with Gasteiger partial charge in [-0.1, -0.05) is 0 Å². The zero-order chi connectivity index (χ0) is 84.6. The summed E-state index contributed by atoms with van der Waals surface area (Å²) >= 11 is 0. The summed E-state index contributed by atoms with van der Waals surface area (Å²) in [5.41, 5.74) is 0.778. The summed E-state index contributed by atoms with van der Waals surface area (Å²) in [4.78, 5) is 73.4. The molecule has 0 spiro atoms. The maximum Gasteiger partial charge on any atom is 0.417 e. The fourth-order valence-electron chi connectivity index (χ4n) is 14.3. The molecule has 2 amide bonds. The molecule has 0 bridgehead atoms. The number of pyridine rings is 4. The third-order valence-electron chi connectivity index (χ3n) is 20.1. The number of anilines is 4. The van der Waals surface area contributed by atoms with Crippen molar-refractivity contribution in [2.45, 2.75) is 55.8 Å². The molecule has 5 saturated heterocycles. The van der Waals surface area contributed by atoms with Crippen LogP contribution in [-0.2, 0) is 53.9 Å². The van der Waals surface area contributed by atoms with E-state index in [1.54, 1.807) is 55.2 Å². The Morgan fingerprint density at radius 2 is 0.883 bits per heavy atom. The Morgan fingerprint density at radius 1 is 0.483 bits per heavy atom. The van der Waals surface area contributed by atoms with Crippen molar-refractivity contribution in [1.29, 1.82) is 4.78 Å². The number of sulfonamides is 1. The number of piperazine rings is 1. The minimum Gasteiger partial charge on any atom is -0.373 e. The van der Waals surface area contributed by atoms with Crippen LogP contribution in [0.2, 0.25) is 0 Å². The Labute approximate surface area is 673 Å². The second-order valence-electron chi connectivity index (χ2n) is 28.6. The van der Waals surface area contributed by atoms with E-state index in [2.05, 4.69) is 94.7 Å². The van der Waals surface area contributed by atoms with E-state index in [9.17, 15) is 70.1 Å². The molecule has 4 N–H and O–H groups in total. The number of carbonyl (C=O) groups excluding carboxylic acids is 1. The van der Waals surface area contributed by atoms with Gasteiger partial charge >= 0.3 is 30.7 Å². The van der Waals surface area contributed by atoms with E-state index in [0.717, 1.165) is 80.3 Å². The van der Waals surface area contributed by atoms with E-state index in [4.69, 9.17) is 14.3 Å². The molecule has 630 valence electrons. The van der Waals surface area contributed by atoms with Crippen LogP contribution in [0, 0.1) is 10.7 Å². The van der Waals surface area contributed by atoms with Crippen molar-refractivity contribution in [3.05, 3.63) is 187 Å². The number of rotatable bonds is 14. The number of H-pyrrole nitrogens is 1. The second kappa shape index (κ2) is 33.5. The highest BCUT2D eigenvalue weighted by Crippen LogP contribution is 2.37. The lowest BCUT2D eigenvalue weighted by molar-refractivity contribution is -0.138. The number of amides is 2. The van der Waals surface area contributed by atoms with E-state index in [-0.39, 0.29) is 54.2 Å². The molecule has 0 saturated carbocycles. The van der Waals surface area contributed by atoms with Crippen LogP contribution < -0.4 is 29.6 Å². The maximum atomic E-state index is 13.1. The van der Waals surface area contributed by atoms with Gasteiger partial charge in [0.15, 0.2) is 23.3 Å². The van der Waals surface area contributed by atoms with Gasteiger partial charge in [-0.25, -0.2) is 77.7 Å². The van der Waals surface area contributed by atoms with Gasteiger partial charge in [0.2, 0.25) is 10.0 Å². The van der Waals surface area contributed by atoms with E-state index < -0.39 is 66.7 Å². The number of ether oxygens (including phenoxy) is 2. The number of aromatic nitrogens is 18. The number of carbonyl (C=O) groups is 1. The van der Waals surface area contributed by atoms with Crippen LogP contribution >= 0.6 is 0 Å². The number of nitrogens with one attached hydrogen (secondary N) is 4. The van der Waals surface area contributed by atoms with Gasteiger partial charge in [-0.3, -0.25) is 31.7 Å². The lowest BCUT2D eigenvalue weighted by Gasteiger charge is -2.37. The largest absolute Gasteiger partial charge is 0.417 e. The van der Waals surface area contributed by atoms with Crippen molar-refractivity contribution in [3.8, 4) is 46.1 Å². The molecule has 18 rings (SSSR count). The molecule has 5 aliphatic heterocycles. The molecule has 13 aromatic rings. The summed E-state index contributed by atoms with van der Waals surface area (Å²) in [6, 6.07) is 16.2. The summed E-state index contributed by atoms with van der Waals surface area (Å²) in [6.07, 6.45) is 5.52. The molecule has 13 aromatic heterocycles. The van der Waals surface area contributed by atoms with Crippen LogP contribution in [0.15, 0.2) is 160 Å². The highest BCUT2D eigenvalue weighted by molar-refractivity contribution is 7.91. The van der Waals surface area contributed by atoms with Gasteiger partial charge in [0.1, 0.15) is 74.7 Å². The highest BCUT2D eigenvalue weighted by Gasteiger charge is 2.39. The zero-order valence-corrected chi connectivity index (χ0v) is 64.9. The number of fused-ring (bicyclic) bond motifs is 5. The molecule has 5 aliphatic rings. The van der Waals surface area contributed by atoms with Gasteiger partial charge < -0.3 is 39.3 Å². The van der Waals surface area contributed by atoms with Gasteiger partial charge in [-0.2, -0.15) is 57.8 Å². The number of imidazole rings is 4. The molecule has 0 aliphatic carbocycles. The third-order valence-corrected chi connectivity index (χ3v) is 21.9. The zero-order valence-electron chi connectivity index (χ0n) is 63.3. The van der Waals surface area contributed by atoms with Crippen molar-refractivity contribution in [1.82, 2.24) is 103 Å². The first-order valence-corrected chi connectivity index (χ1v) is 41.0. The predicted octanol–water partition coefficient (Wildman–Crippen LogP) is 10.4. The van der Waals surface area contributed by atoms with Gasteiger partial charge in [0.05, 0.1) is 84.9 Å². The van der Waals surface area contributed by atoms with Crippen LogP contribution in [0.25, 0.3) is 68.7 Å². The molecule has 0 aromatic carbocycles. The first-order valence-electron chi connectivity index (χ1n) is 37.0. The first kappa shape index (κ1) is 82.8. The van der Waals surface area contributed by atoms with E-state index in [0.29, 0.717) is 152 Å². The molecule has 18 heterocycles. The Kier molecular flexibility index (Phi) is 23.1. The summed E-state index contributed by atoms with van der Waals surface area (Å²) in [5.74, 6) is 4.10. The van der Waals surface area contributed by atoms with Crippen molar-refractivity contribution in [3.63, 3.8) is 0 Å². The fourth-order valence-corrected chi connectivity index (χ4v) is 16.0. The quantitative estimate of drug-likeness (QED) is 0.0735. The molecule has 5 fully saturated rings. The lowest BCUT2D eigenvalue weighted by Crippen LogP contribution is -2.52. The molecular weight excluding hydrogens is 1640 g/mol. The van der Waals surface area contributed by atoms with Gasteiger partial charge in [0.25, 0.3) is 0 Å². The molecule has 3 unspecified atom stereocenters. The molecule has 46 heteroatoms. The van der Waals surface area contributed by atoms with Crippen LogP contribution in [0.3, 0.4) is 0 Å². The van der Waals surface area contributed by atoms with E-state index in [1.807, 2.05) is 9.80 Å². The number of morpholine rings is 2. The molecule has 5 atom stereocenters. The number of nitrogens with zero attached hydrogens (tertiary/aromatic N) is 22. The number of alkyl halides is 12. The van der Waals surface area contributed by atoms with Gasteiger partial charge in [-0.15, -0.1) is 0 Å². The van der Waals surface area contributed by atoms with Crippen molar-refractivity contribution in [2.75, 3.05) is 123 Å². The van der Waals surface area contributed by atoms with Gasteiger partial charge in [-0.05, 0) is 91.6 Å². The number of aromatic amines is 1. The normalized spacial score (nSPS) is 18.7. The predicted molar refractivity (Wildman–Crippen MR) is 412 cm³/mol. The first-order chi connectivity index (χ1) is 57.1. The summed E-state index contributed by atoms with van der Waals surface area (Å²) < 4.78 is 219. The molecule has 32 nitrogen and oxygen atoms in total. The lowest BCUT2D eigenvalue weighted by atomic mass is 10.0. The highest BCUT2D eigenvalue weighted by atomic mass is 32.2. The fraction of sp³-hybridized carbons (Fsp3) is 0.351. The Bertz CT molecular complexity index is 6110. The van der Waals surface area contributed by atoms with E-state index >= 15 is 0 Å². The molecular formula is C74H72F12N26O6S2. The number of hydrogen-bond acceptors (Lipinski definition) is 24. The number of halogens is 12. The van der Waals surface area contributed by atoms with Crippen LogP contribution in [-0.4, -0.2) is 227 Å². The SMILES string of the molecule is CS(=N)(=O)C[C@H]1CCCN(c2ccnc(-c3cnc4ccc(C(F)(F)F)cn34)n2)C1.CS(=O)(=O)NC[C@@H]1CN(c2ccnc(-c3cnc4ccc(C(F)(F)F)cn34)n2)CCO1.FC(F)(F)c1ccc2ncc(-c3nccc(N4CCOC(c5cn[nH]c5)C4)n3)n2c1.O=C1NCC2CN(c3ccnc(-c4cnc5ccc(C(F)(F)F)cn45)n3)CCN12. The second-order valence-corrected chi connectivity index (χ2v) is 32.8. The van der Waals surface area contributed by atoms with Crippen molar-refractivity contribution >= 4 is 71.6 Å². The Hall–Kier alpha value is -12.3. The summed E-state index contributed by atoms with van der Waals surface area (Å²) in [6.45, 7) is 6.94. The number of hydrogen-bond donors (Lipinski definition) is 4. The summed E-state index contributed by atoms with van der Waals surface area (Å²) in [7, 11) is -5.92. The smallest absolute Gasteiger partial charge is 0.373 e. The topological polar surface area (TPSA) is 352 Å². The Balaban J connectivity index is 0.000000125. The van der Waals surface area contributed by atoms with Crippen LogP contribution in [0.5, 0.6) is 0 Å². The van der Waals surface area contributed by atoms with E-state index in [1.165, 1.54) is 79.1 Å². The standard InChI is InChI=1S/C19H16F3N7O.C19H21F3N6OS.C18H16F3N7O.C18H19F3N6O3S/c20-19(21,22)13-1-2-16-24-9-14(29(16)10-13)18-23-4-3-17(27-18)28-5-6-30-15(11-28)12-7-25-26-8-12;1-30(23,29)12-13-3-2-8-27(10-13)17-6-7-24-18(26-17)15-9-25-16-5-4-14(11-28(15)16)19(20,21)22;19-18(20,21)11-1-2-14-23-8-13(28(14)9-11)16-22-4-3-15(25-16)26-5-6-27-12(10-26)7-24-17(27)29;1-31(28,29)24-8-13-11-26(6-7-30-13)16-4-5-22-17(25-16)14-9-23-15-3-2-12(10-27(14)15)18(19,20)21/h1-4,7-10,15H,5-6,11H2,(H,25,26);4-7,9,11,13,23H,2-3,8,10,12H2,1H3;1-4,8-9,12H,5-7,10H2,(H,24,29);2-5,9-10,13,24H,6-8,11H2,1H3/t;13-,30?;;13-/m.0.1/s1. The maximum absolute atomic E-state index is 13.1. The van der Waals surface area contributed by atoms with Gasteiger partial charge in [0, 0.05) is 155 Å². The monoisotopic (exact) mass is 1710 g/mol. The van der Waals surface area contributed by atoms with Crippen molar-refractivity contribution in [2.24, 2.45) is 5.92 Å².